The Kier molecular flexibility index (Phi) is 6.15. The van der Waals surface area contributed by atoms with Crippen molar-refractivity contribution in [3.63, 3.8) is 0 Å². The number of amides is 1. The van der Waals surface area contributed by atoms with E-state index in [9.17, 15) is 4.79 Å². The number of benzene rings is 1. The number of carbonyl (C=O) groups excluding carboxylic acids is 1. The molecule has 1 aromatic carbocycles. The van der Waals surface area contributed by atoms with Gasteiger partial charge in [0.15, 0.2) is 0 Å². The summed E-state index contributed by atoms with van der Waals surface area (Å²) in [5.74, 6) is 0. The monoisotopic (exact) mass is 234 g/mol. The number of hydrogen-bond acceptors (Lipinski definition) is 2. The average molecular weight is 234 g/mol. The lowest BCUT2D eigenvalue weighted by molar-refractivity contribution is 0.0970. The summed E-state index contributed by atoms with van der Waals surface area (Å²) in [4.78, 5) is 11.5. The molecule has 93 valence electrons. The van der Waals surface area contributed by atoms with Crippen molar-refractivity contribution in [1.29, 1.82) is 0 Å². The number of hydrogen-bond donors (Lipinski definition) is 1. The Balaban J connectivity index is 2.44. The second-order valence-electron chi connectivity index (χ2n) is 3.85. The minimum atomic E-state index is -0.380. The molecule has 1 radical (unpaired) electrons. The summed E-state index contributed by atoms with van der Waals surface area (Å²) in [5.41, 5.74) is 1.03. The van der Waals surface area contributed by atoms with Crippen LogP contribution in [0.15, 0.2) is 30.3 Å². The number of unbranched alkanes of at least 4 members (excludes halogenated alkanes) is 1. The molecule has 0 aliphatic carbocycles. The van der Waals surface area contributed by atoms with Crippen LogP contribution in [-0.2, 0) is 4.74 Å². The van der Waals surface area contributed by atoms with Gasteiger partial charge in [0, 0.05) is 0 Å². The van der Waals surface area contributed by atoms with E-state index in [1.54, 1.807) is 6.54 Å². The lowest BCUT2D eigenvalue weighted by atomic mass is 10.1. The smallest absolute Gasteiger partial charge is 0.408 e. The maximum atomic E-state index is 11.5. The van der Waals surface area contributed by atoms with Crippen molar-refractivity contribution in [2.75, 3.05) is 0 Å². The minimum Gasteiger partial charge on any atom is -0.441 e. The number of nitrogens with one attached hydrogen (secondary N) is 1. The molecule has 17 heavy (non-hydrogen) atoms. The van der Waals surface area contributed by atoms with Crippen LogP contribution in [0.2, 0.25) is 0 Å². The minimum absolute atomic E-state index is 0.175. The first-order valence-electron chi connectivity index (χ1n) is 6.11. The van der Waals surface area contributed by atoms with Crippen LogP contribution in [-0.4, -0.2) is 6.09 Å². The van der Waals surface area contributed by atoms with Gasteiger partial charge in [0.2, 0.25) is 0 Å². The summed E-state index contributed by atoms with van der Waals surface area (Å²) < 4.78 is 5.35. The molecule has 1 amide bonds. The van der Waals surface area contributed by atoms with E-state index in [0.717, 1.165) is 24.8 Å². The fourth-order valence-corrected chi connectivity index (χ4v) is 1.52. The highest BCUT2D eigenvalue weighted by Crippen LogP contribution is 2.20. The topological polar surface area (TPSA) is 38.3 Å². The third-order valence-electron chi connectivity index (χ3n) is 2.44. The first-order chi connectivity index (χ1) is 8.27. The Bertz CT molecular complexity index is 324. The molecular weight excluding hydrogens is 214 g/mol. The largest absolute Gasteiger partial charge is 0.441 e. The zero-order chi connectivity index (χ0) is 12.5. The number of carbonyl (C=O) groups is 1. The maximum Gasteiger partial charge on any atom is 0.408 e. The second-order valence-corrected chi connectivity index (χ2v) is 3.85. The van der Waals surface area contributed by atoms with Gasteiger partial charge in [-0.3, -0.25) is 0 Å². The summed E-state index contributed by atoms with van der Waals surface area (Å²) in [6, 6.07) is 9.78. The van der Waals surface area contributed by atoms with E-state index in [1.807, 2.05) is 37.3 Å². The van der Waals surface area contributed by atoms with Gasteiger partial charge in [-0.25, -0.2) is 4.79 Å². The lowest BCUT2D eigenvalue weighted by Crippen LogP contribution is -2.23. The molecule has 0 fully saturated rings. The molecule has 1 aromatic rings. The summed E-state index contributed by atoms with van der Waals surface area (Å²) in [5, 5.41) is 2.63. The van der Waals surface area contributed by atoms with E-state index in [1.165, 1.54) is 0 Å². The van der Waals surface area contributed by atoms with Gasteiger partial charge in [0.25, 0.3) is 0 Å². The van der Waals surface area contributed by atoms with Crippen molar-refractivity contribution in [2.45, 2.75) is 39.2 Å². The summed E-state index contributed by atoms with van der Waals surface area (Å²) in [6.07, 6.45) is 2.08. The summed E-state index contributed by atoms with van der Waals surface area (Å²) >= 11 is 0. The van der Waals surface area contributed by atoms with Gasteiger partial charge in [-0.2, -0.15) is 0 Å². The van der Waals surface area contributed by atoms with Crippen LogP contribution in [0, 0.1) is 6.54 Å². The number of alkyl carbamates (subject to hydrolysis) is 1. The molecule has 0 aliphatic heterocycles. The van der Waals surface area contributed by atoms with Crippen LogP contribution in [0.25, 0.3) is 0 Å². The van der Waals surface area contributed by atoms with E-state index in [0.29, 0.717) is 0 Å². The zero-order valence-electron chi connectivity index (χ0n) is 10.5. The summed E-state index contributed by atoms with van der Waals surface area (Å²) in [6.45, 7) is 5.79. The van der Waals surface area contributed by atoms with Gasteiger partial charge in [0.1, 0.15) is 6.10 Å². The van der Waals surface area contributed by atoms with Crippen molar-refractivity contribution >= 4 is 6.09 Å². The molecule has 0 bridgehead atoms. The molecule has 0 spiro atoms. The number of rotatable bonds is 6. The van der Waals surface area contributed by atoms with Crippen molar-refractivity contribution in [2.24, 2.45) is 0 Å². The van der Waals surface area contributed by atoms with E-state index >= 15 is 0 Å². The van der Waals surface area contributed by atoms with E-state index in [-0.39, 0.29) is 12.2 Å². The third kappa shape index (κ3) is 4.89. The Morgan fingerprint density at radius 3 is 2.65 bits per heavy atom. The van der Waals surface area contributed by atoms with Gasteiger partial charge in [-0.1, -0.05) is 50.6 Å². The van der Waals surface area contributed by atoms with Crippen LogP contribution >= 0.6 is 0 Å². The highest BCUT2D eigenvalue weighted by molar-refractivity contribution is 5.68. The van der Waals surface area contributed by atoms with Crippen LogP contribution in [0.1, 0.15) is 44.8 Å². The molecule has 1 atom stereocenters. The zero-order valence-corrected chi connectivity index (χ0v) is 10.5. The number of ether oxygens (including phenoxy) is 1. The Morgan fingerprint density at radius 2 is 2.06 bits per heavy atom. The van der Waals surface area contributed by atoms with Gasteiger partial charge in [-0.15, -0.1) is 0 Å². The van der Waals surface area contributed by atoms with Gasteiger partial charge < -0.3 is 10.1 Å². The van der Waals surface area contributed by atoms with Crippen LogP contribution in [0.4, 0.5) is 4.79 Å². The molecule has 1 unspecified atom stereocenters. The molecule has 3 nitrogen and oxygen atoms in total. The molecule has 1 N–H and O–H groups in total. The van der Waals surface area contributed by atoms with Crippen molar-refractivity contribution < 1.29 is 9.53 Å². The molecule has 3 heteroatoms. The molecule has 0 aromatic heterocycles. The highest BCUT2D eigenvalue weighted by atomic mass is 16.6. The predicted octanol–water partition coefficient (Wildman–Crippen LogP) is 3.83. The normalized spacial score (nSPS) is 11.9. The molecule has 1 rings (SSSR count). The van der Waals surface area contributed by atoms with Crippen LogP contribution < -0.4 is 5.32 Å². The van der Waals surface area contributed by atoms with E-state index in [2.05, 4.69) is 12.2 Å². The third-order valence-corrected chi connectivity index (χ3v) is 2.44. The first-order valence-corrected chi connectivity index (χ1v) is 6.11. The Labute approximate surface area is 103 Å². The second kappa shape index (κ2) is 7.71. The SMILES string of the molecule is CCC[CH]NC(=O)OC(CC)c1ccccc1. The molecule has 0 aliphatic rings. The average Bonchev–Trinajstić information content (AvgIpc) is 2.37. The highest BCUT2D eigenvalue weighted by Gasteiger charge is 2.13. The van der Waals surface area contributed by atoms with E-state index in [4.69, 9.17) is 4.74 Å². The molecule has 0 saturated heterocycles. The molecule has 0 saturated carbocycles. The van der Waals surface area contributed by atoms with Gasteiger partial charge >= 0.3 is 6.09 Å². The Morgan fingerprint density at radius 1 is 1.35 bits per heavy atom. The fourth-order valence-electron chi connectivity index (χ4n) is 1.52. The van der Waals surface area contributed by atoms with Gasteiger partial charge in [-0.05, 0) is 18.4 Å². The lowest BCUT2D eigenvalue weighted by Gasteiger charge is -2.16. The fraction of sp³-hybridized carbons (Fsp3) is 0.429. The van der Waals surface area contributed by atoms with Crippen molar-refractivity contribution in [3.8, 4) is 0 Å². The van der Waals surface area contributed by atoms with Gasteiger partial charge in [0.05, 0.1) is 6.54 Å². The summed E-state index contributed by atoms with van der Waals surface area (Å²) in [7, 11) is 0. The Hall–Kier alpha value is -1.51. The first kappa shape index (κ1) is 13.6. The van der Waals surface area contributed by atoms with Crippen LogP contribution in [0.5, 0.6) is 0 Å². The quantitative estimate of drug-likeness (QED) is 0.760. The van der Waals surface area contributed by atoms with E-state index < -0.39 is 0 Å². The maximum absolute atomic E-state index is 11.5. The van der Waals surface area contributed by atoms with Crippen molar-refractivity contribution in [1.82, 2.24) is 5.32 Å². The molecular formula is C14H20NO2. The standard InChI is InChI=1S/C14H20NO2/c1-3-5-11-15-14(16)17-13(4-2)12-9-7-6-8-10-12/h6-11,13H,3-5H2,1-2H3,(H,15,16). The van der Waals surface area contributed by atoms with Crippen molar-refractivity contribution in [3.05, 3.63) is 42.4 Å². The molecule has 0 heterocycles. The predicted molar refractivity (Wildman–Crippen MR) is 68.3 cm³/mol. The van der Waals surface area contributed by atoms with Crippen LogP contribution in [0.3, 0.4) is 0 Å².